The highest BCUT2D eigenvalue weighted by Gasteiger charge is 2.26. The van der Waals surface area contributed by atoms with Gasteiger partial charge in [0.05, 0.1) is 0 Å². The number of likely N-dealkylation sites (N-methyl/N-ethyl adjacent to an activating group) is 1. The van der Waals surface area contributed by atoms with Gasteiger partial charge in [-0.05, 0) is 51.4 Å². The average Bonchev–Trinajstić information content (AvgIpc) is 2.46. The van der Waals surface area contributed by atoms with Crippen molar-refractivity contribution in [1.82, 2.24) is 9.80 Å². The second-order valence-electron chi connectivity index (χ2n) is 6.09. The van der Waals surface area contributed by atoms with Gasteiger partial charge in [0, 0.05) is 25.6 Å². The molecule has 2 rings (SSSR count). The largest absolute Gasteiger partial charge is 0.338 e. The highest BCUT2D eigenvalue weighted by molar-refractivity contribution is 5.77. The van der Waals surface area contributed by atoms with Crippen molar-refractivity contribution in [1.29, 1.82) is 0 Å². The summed E-state index contributed by atoms with van der Waals surface area (Å²) in [5, 5.41) is 0. The minimum absolute atomic E-state index is 0.157. The van der Waals surface area contributed by atoms with Crippen LogP contribution in [0.25, 0.3) is 0 Å². The van der Waals surface area contributed by atoms with Crippen LogP contribution < -0.4 is 0 Å². The first-order valence-corrected chi connectivity index (χ1v) is 7.75. The number of amides is 1. The molecule has 1 unspecified atom stereocenters. The molecule has 0 radical (unpaired) electrons. The Balaban J connectivity index is 1.93. The molecule has 1 aliphatic rings. The number of carbonyl (C=O) groups excluding carboxylic acids is 1. The number of benzene rings is 1. The third kappa shape index (κ3) is 4.53. The van der Waals surface area contributed by atoms with Crippen LogP contribution in [-0.4, -0.2) is 48.9 Å². The molecule has 0 saturated carbocycles. The van der Waals surface area contributed by atoms with Crippen molar-refractivity contribution in [2.24, 2.45) is 0 Å². The van der Waals surface area contributed by atoms with Crippen LogP contribution >= 0.6 is 0 Å². The van der Waals surface area contributed by atoms with Crippen LogP contribution in [0.3, 0.4) is 0 Å². The Hall–Kier alpha value is -1.42. The third-order valence-corrected chi connectivity index (χ3v) is 4.09. The van der Waals surface area contributed by atoms with Crippen LogP contribution in [0.5, 0.6) is 0 Å². The van der Waals surface area contributed by atoms with Crippen molar-refractivity contribution in [2.75, 3.05) is 27.2 Å². The summed E-state index contributed by atoms with van der Waals surface area (Å²) in [4.78, 5) is 16.6. The molecule has 4 heteroatoms. The first kappa shape index (κ1) is 16.0. The van der Waals surface area contributed by atoms with Crippen molar-refractivity contribution >= 4 is 5.91 Å². The van der Waals surface area contributed by atoms with Crippen molar-refractivity contribution in [3.8, 4) is 0 Å². The number of likely N-dealkylation sites (tertiary alicyclic amines) is 1. The molecule has 1 saturated heterocycles. The Labute approximate surface area is 126 Å². The summed E-state index contributed by atoms with van der Waals surface area (Å²) in [5.74, 6) is -0.0569. The van der Waals surface area contributed by atoms with Gasteiger partial charge in [0.1, 0.15) is 5.82 Å². The molecule has 0 bridgehead atoms. The Morgan fingerprint density at radius 2 is 2.10 bits per heavy atom. The van der Waals surface area contributed by atoms with E-state index in [1.54, 1.807) is 12.1 Å². The Kier molecular flexibility index (Phi) is 5.74. The molecule has 1 heterocycles. The van der Waals surface area contributed by atoms with E-state index < -0.39 is 0 Å². The normalized spacial score (nSPS) is 19.0. The van der Waals surface area contributed by atoms with E-state index in [1.807, 2.05) is 25.1 Å². The minimum atomic E-state index is -0.214. The smallest absolute Gasteiger partial charge is 0.223 e. The Morgan fingerprint density at radius 3 is 2.81 bits per heavy atom. The van der Waals surface area contributed by atoms with Crippen LogP contribution in [0, 0.1) is 5.82 Å². The van der Waals surface area contributed by atoms with E-state index in [1.165, 1.54) is 12.5 Å². The SMILES string of the molecule is CN(C)CC1CCCCN1C(=O)CCc1ccccc1F. The lowest BCUT2D eigenvalue weighted by atomic mass is 10.0. The van der Waals surface area contributed by atoms with Gasteiger partial charge in [-0.2, -0.15) is 0 Å². The number of carbonyl (C=O) groups is 1. The number of piperidine rings is 1. The van der Waals surface area contributed by atoms with Gasteiger partial charge in [0.2, 0.25) is 5.91 Å². The van der Waals surface area contributed by atoms with Gasteiger partial charge < -0.3 is 9.80 Å². The standard InChI is InChI=1S/C17H25FN2O/c1-19(2)13-15-8-5-6-12-20(15)17(21)11-10-14-7-3-4-9-16(14)18/h3-4,7,9,15H,5-6,8,10-13H2,1-2H3. The number of aryl methyl sites for hydroxylation is 1. The van der Waals surface area contributed by atoms with Gasteiger partial charge in [-0.1, -0.05) is 18.2 Å². The maximum atomic E-state index is 13.6. The third-order valence-electron chi connectivity index (χ3n) is 4.09. The van der Waals surface area contributed by atoms with E-state index in [2.05, 4.69) is 4.90 Å². The maximum Gasteiger partial charge on any atom is 0.223 e. The van der Waals surface area contributed by atoms with Crippen LogP contribution in [0.1, 0.15) is 31.2 Å². The summed E-state index contributed by atoms with van der Waals surface area (Å²) in [6, 6.07) is 7.02. The topological polar surface area (TPSA) is 23.6 Å². The fourth-order valence-corrected chi connectivity index (χ4v) is 3.03. The van der Waals surface area contributed by atoms with Crippen LogP contribution in [-0.2, 0) is 11.2 Å². The Morgan fingerprint density at radius 1 is 1.33 bits per heavy atom. The second kappa shape index (κ2) is 7.55. The molecule has 21 heavy (non-hydrogen) atoms. The van der Waals surface area contributed by atoms with Gasteiger partial charge in [-0.25, -0.2) is 4.39 Å². The van der Waals surface area contributed by atoms with E-state index in [0.717, 1.165) is 25.9 Å². The number of rotatable bonds is 5. The van der Waals surface area contributed by atoms with E-state index in [-0.39, 0.29) is 11.7 Å². The summed E-state index contributed by atoms with van der Waals surface area (Å²) < 4.78 is 13.6. The number of hydrogen-bond acceptors (Lipinski definition) is 2. The first-order chi connectivity index (χ1) is 10.1. The number of nitrogens with zero attached hydrogens (tertiary/aromatic N) is 2. The Bertz CT molecular complexity index is 476. The average molecular weight is 292 g/mol. The predicted molar refractivity (Wildman–Crippen MR) is 82.6 cm³/mol. The first-order valence-electron chi connectivity index (χ1n) is 7.75. The molecule has 1 aliphatic heterocycles. The molecule has 1 amide bonds. The van der Waals surface area contributed by atoms with Gasteiger partial charge in [-0.3, -0.25) is 4.79 Å². The van der Waals surface area contributed by atoms with Gasteiger partial charge in [-0.15, -0.1) is 0 Å². The molecule has 116 valence electrons. The molecule has 1 atom stereocenters. The second-order valence-corrected chi connectivity index (χ2v) is 6.09. The zero-order valence-corrected chi connectivity index (χ0v) is 13.0. The molecular weight excluding hydrogens is 267 g/mol. The van der Waals surface area contributed by atoms with Crippen molar-refractivity contribution < 1.29 is 9.18 Å². The van der Waals surface area contributed by atoms with E-state index in [4.69, 9.17) is 0 Å². The van der Waals surface area contributed by atoms with Gasteiger partial charge >= 0.3 is 0 Å². The van der Waals surface area contributed by atoms with Gasteiger partial charge in [0.15, 0.2) is 0 Å². The lowest BCUT2D eigenvalue weighted by Gasteiger charge is -2.37. The zero-order valence-electron chi connectivity index (χ0n) is 13.0. The minimum Gasteiger partial charge on any atom is -0.338 e. The van der Waals surface area contributed by atoms with E-state index >= 15 is 0 Å². The zero-order chi connectivity index (χ0) is 15.2. The highest BCUT2D eigenvalue weighted by atomic mass is 19.1. The van der Waals surface area contributed by atoms with E-state index in [9.17, 15) is 9.18 Å². The molecular formula is C17H25FN2O. The molecule has 0 N–H and O–H groups in total. The summed E-state index contributed by atoms with van der Waals surface area (Å²) in [7, 11) is 4.08. The lowest BCUT2D eigenvalue weighted by molar-refractivity contribution is -0.135. The monoisotopic (exact) mass is 292 g/mol. The van der Waals surface area contributed by atoms with Crippen molar-refractivity contribution in [2.45, 2.75) is 38.1 Å². The quantitative estimate of drug-likeness (QED) is 0.833. The molecule has 0 aliphatic carbocycles. The molecule has 0 spiro atoms. The van der Waals surface area contributed by atoms with Crippen LogP contribution in [0.4, 0.5) is 4.39 Å². The molecule has 1 aromatic rings. The molecule has 3 nitrogen and oxygen atoms in total. The van der Waals surface area contributed by atoms with E-state index in [0.29, 0.717) is 24.4 Å². The predicted octanol–water partition coefficient (Wildman–Crippen LogP) is 2.70. The molecule has 1 fully saturated rings. The maximum absolute atomic E-state index is 13.6. The van der Waals surface area contributed by atoms with Crippen molar-refractivity contribution in [3.05, 3.63) is 35.6 Å². The summed E-state index contributed by atoms with van der Waals surface area (Å²) >= 11 is 0. The number of hydrogen-bond donors (Lipinski definition) is 0. The van der Waals surface area contributed by atoms with Crippen LogP contribution in [0.15, 0.2) is 24.3 Å². The van der Waals surface area contributed by atoms with Gasteiger partial charge in [0.25, 0.3) is 0 Å². The van der Waals surface area contributed by atoms with Crippen LogP contribution in [0.2, 0.25) is 0 Å². The molecule has 0 aromatic heterocycles. The fraction of sp³-hybridized carbons (Fsp3) is 0.588. The lowest BCUT2D eigenvalue weighted by Crippen LogP contribution is -2.48. The summed E-state index contributed by atoms with van der Waals surface area (Å²) in [6.07, 6.45) is 4.22. The summed E-state index contributed by atoms with van der Waals surface area (Å²) in [6.45, 7) is 1.75. The highest BCUT2D eigenvalue weighted by Crippen LogP contribution is 2.19. The fourth-order valence-electron chi connectivity index (χ4n) is 3.03. The van der Waals surface area contributed by atoms with Crippen molar-refractivity contribution in [3.63, 3.8) is 0 Å². The summed E-state index contributed by atoms with van der Waals surface area (Å²) in [5.41, 5.74) is 0.631. The molecule has 1 aromatic carbocycles. The number of halogens is 1.